The first-order valence-electron chi connectivity index (χ1n) is 6.48. The van der Waals surface area contributed by atoms with Crippen LogP contribution in [0.15, 0.2) is 0 Å². The van der Waals surface area contributed by atoms with Crippen molar-refractivity contribution < 1.29 is 14.6 Å². The normalized spacial score (nSPS) is 17.5. The molecule has 0 aliphatic carbocycles. The molecule has 2 N–H and O–H groups in total. The molecule has 8 heteroatoms. The Morgan fingerprint density at radius 2 is 2.26 bits per heavy atom. The van der Waals surface area contributed by atoms with Crippen LogP contribution in [0.3, 0.4) is 0 Å². The molecule has 1 aliphatic rings. The largest absolute Gasteiger partial charge is 0.472 e. The van der Waals surface area contributed by atoms with E-state index in [1.165, 1.54) is 0 Å². The Morgan fingerprint density at radius 1 is 1.47 bits per heavy atom. The minimum atomic E-state index is -0.542. The average molecular weight is 288 g/mol. The molecule has 1 saturated heterocycles. The van der Waals surface area contributed by atoms with Gasteiger partial charge < -0.3 is 24.8 Å². The van der Waals surface area contributed by atoms with E-state index in [-0.39, 0.29) is 6.61 Å². The molecule has 1 aromatic rings. The molecule has 1 aliphatic heterocycles. The molecule has 2 heterocycles. The summed E-state index contributed by atoms with van der Waals surface area (Å²) >= 11 is 1.12. The van der Waals surface area contributed by atoms with Crippen molar-refractivity contribution in [3.8, 4) is 5.88 Å². The molecule has 0 saturated carbocycles. The predicted octanol–water partition coefficient (Wildman–Crippen LogP) is -0.276. The fraction of sp³-hybridized carbons (Fsp3) is 0.818. The number of nitrogens with one attached hydrogen (secondary N) is 1. The van der Waals surface area contributed by atoms with E-state index in [9.17, 15) is 5.11 Å². The lowest BCUT2D eigenvalue weighted by Gasteiger charge is -2.26. The van der Waals surface area contributed by atoms with Gasteiger partial charge in [0.05, 0.1) is 24.9 Å². The van der Waals surface area contributed by atoms with E-state index < -0.39 is 6.10 Å². The van der Waals surface area contributed by atoms with Crippen LogP contribution in [-0.2, 0) is 4.74 Å². The molecular weight excluding hydrogens is 268 g/mol. The first-order chi connectivity index (χ1) is 9.31. The number of hydrogen-bond acceptors (Lipinski definition) is 8. The summed E-state index contributed by atoms with van der Waals surface area (Å²) in [6, 6.07) is 0. The van der Waals surface area contributed by atoms with Crippen LogP contribution in [0, 0.1) is 0 Å². The van der Waals surface area contributed by atoms with Gasteiger partial charge in [-0.1, -0.05) is 6.92 Å². The molecule has 1 fully saturated rings. The van der Waals surface area contributed by atoms with E-state index in [1.54, 1.807) is 0 Å². The Morgan fingerprint density at radius 3 is 3.00 bits per heavy atom. The second kappa shape index (κ2) is 7.59. The molecule has 1 atom stereocenters. The fourth-order valence-corrected chi connectivity index (χ4v) is 2.30. The van der Waals surface area contributed by atoms with Gasteiger partial charge in [0.25, 0.3) is 5.88 Å². The average Bonchev–Trinajstić information content (AvgIpc) is 2.92. The zero-order valence-electron chi connectivity index (χ0n) is 11.0. The molecule has 1 unspecified atom stereocenters. The van der Waals surface area contributed by atoms with Gasteiger partial charge in [0.15, 0.2) is 0 Å². The summed E-state index contributed by atoms with van der Waals surface area (Å²) in [5, 5.41) is 12.8. The number of likely N-dealkylation sites (N-methyl/N-ethyl adjacent to an activating group) is 1. The van der Waals surface area contributed by atoms with Gasteiger partial charge in [-0.3, -0.25) is 0 Å². The van der Waals surface area contributed by atoms with Crippen molar-refractivity contribution in [1.82, 2.24) is 14.1 Å². The Hall–Kier alpha value is -0.960. The van der Waals surface area contributed by atoms with Crippen molar-refractivity contribution >= 4 is 17.5 Å². The van der Waals surface area contributed by atoms with Gasteiger partial charge in [-0.2, -0.15) is 4.37 Å². The molecule has 0 aromatic carbocycles. The van der Waals surface area contributed by atoms with E-state index >= 15 is 0 Å². The van der Waals surface area contributed by atoms with Crippen molar-refractivity contribution in [1.29, 1.82) is 0 Å². The molecule has 19 heavy (non-hydrogen) atoms. The van der Waals surface area contributed by atoms with Crippen molar-refractivity contribution in [2.45, 2.75) is 13.0 Å². The fourth-order valence-electron chi connectivity index (χ4n) is 1.78. The standard InChI is InChI=1S/C11H20N4O3S/c1-2-12-7-9(16)8-18-11-10(13-19-14-11)15-3-5-17-6-4-15/h9,12,16H,2-8H2,1H3. The second-order valence-electron chi connectivity index (χ2n) is 4.26. The van der Waals surface area contributed by atoms with Crippen LogP contribution in [0.2, 0.25) is 0 Å². The summed E-state index contributed by atoms with van der Waals surface area (Å²) in [5.41, 5.74) is 0. The number of nitrogens with zero attached hydrogens (tertiary/aromatic N) is 3. The van der Waals surface area contributed by atoms with E-state index in [0.29, 0.717) is 25.6 Å². The predicted molar refractivity (Wildman–Crippen MR) is 73.0 cm³/mol. The molecule has 108 valence electrons. The number of morpholine rings is 1. The van der Waals surface area contributed by atoms with Gasteiger partial charge in [0.1, 0.15) is 12.7 Å². The van der Waals surface area contributed by atoms with E-state index in [2.05, 4.69) is 19.0 Å². The van der Waals surface area contributed by atoms with Gasteiger partial charge in [0, 0.05) is 19.6 Å². The summed E-state index contributed by atoms with van der Waals surface area (Å²) in [5.74, 6) is 1.26. The number of aromatic nitrogens is 2. The summed E-state index contributed by atoms with van der Waals surface area (Å²) in [7, 11) is 0. The second-order valence-corrected chi connectivity index (χ2v) is 4.79. The molecule has 1 aromatic heterocycles. The molecule has 2 rings (SSSR count). The topological polar surface area (TPSA) is 79.7 Å². The van der Waals surface area contributed by atoms with Crippen molar-refractivity contribution in [3.63, 3.8) is 0 Å². The lowest BCUT2D eigenvalue weighted by atomic mass is 10.4. The zero-order chi connectivity index (χ0) is 13.5. The van der Waals surface area contributed by atoms with Crippen molar-refractivity contribution in [2.24, 2.45) is 0 Å². The first-order valence-corrected chi connectivity index (χ1v) is 7.21. The molecule has 0 bridgehead atoms. The van der Waals surface area contributed by atoms with Gasteiger partial charge in [-0.25, -0.2) is 0 Å². The van der Waals surface area contributed by atoms with Crippen LogP contribution in [0.25, 0.3) is 0 Å². The summed E-state index contributed by atoms with van der Waals surface area (Å²) in [6.45, 7) is 6.53. The highest BCUT2D eigenvalue weighted by Gasteiger charge is 2.20. The zero-order valence-corrected chi connectivity index (χ0v) is 11.9. The third-order valence-electron chi connectivity index (χ3n) is 2.80. The molecule has 0 amide bonds. The number of aliphatic hydroxyl groups excluding tert-OH is 1. The number of aliphatic hydroxyl groups is 1. The third-order valence-corrected chi connectivity index (χ3v) is 3.30. The number of ether oxygens (including phenoxy) is 2. The smallest absolute Gasteiger partial charge is 0.270 e. The molecule has 7 nitrogen and oxygen atoms in total. The lowest BCUT2D eigenvalue weighted by Crippen LogP contribution is -2.37. The van der Waals surface area contributed by atoms with Gasteiger partial charge in [0.2, 0.25) is 5.82 Å². The number of anilines is 1. The van der Waals surface area contributed by atoms with E-state index in [1.807, 2.05) is 6.92 Å². The maximum Gasteiger partial charge on any atom is 0.270 e. The molecular formula is C11H20N4O3S. The maximum absolute atomic E-state index is 9.71. The highest BCUT2D eigenvalue weighted by atomic mass is 32.1. The van der Waals surface area contributed by atoms with Gasteiger partial charge >= 0.3 is 0 Å². The van der Waals surface area contributed by atoms with E-state index in [4.69, 9.17) is 9.47 Å². The monoisotopic (exact) mass is 288 g/mol. The van der Waals surface area contributed by atoms with Crippen LogP contribution in [0.1, 0.15) is 6.92 Å². The summed E-state index contributed by atoms with van der Waals surface area (Å²) in [6.07, 6.45) is -0.542. The Kier molecular flexibility index (Phi) is 5.77. The first kappa shape index (κ1) is 14.4. The quantitative estimate of drug-likeness (QED) is 0.714. The number of hydrogen-bond donors (Lipinski definition) is 2. The van der Waals surface area contributed by atoms with Crippen LogP contribution in [-0.4, -0.2) is 66.0 Å². The SMILES string of the molecule is CCNCC(O)COc1nsnc1N1CCOCC1. The Labute approximate surface area is 116 Å². The minimum absolute atomic E-state index is 0.218. The summed E-state index contributed by atoms with van der Waals surface area (Å²) in [4.78, 5) is 2.10. The highest BCUT2D eigenvalue weighted by molar-refractivity contribution is 6.99. The maximum atomic E-state index is 9.71. The van der Waals surface area contributed by atoms with E-state index in [0.717, 1.165) is 37.2 Å². The van der Waals surface area contributed by atoms with Gasteiger partial charge in [-0.05, 0) is 6.54 Å². The van der Waals surface area contributed by atoms with Crippen molar-refractivity contribution in [2.75, 3.05) is 50.9 Å². The highest BCUT2D eigenvalue weighted by Crippen LogP contribution is 2.26. The summed E-state index contributed by atoms with van der Waals surface area (Å²) < 4.78 is 19.3. The lowest BCUT2D eigenvalue weighted by molar-refractivity contribution is 0.104. The molecule has 0 radical (unpaired) electrons. The Bertz CT molecular complexity index is 371. The third kappa shape index (κ3) is 4.27. The number of rotatable bonds is 7. The van der Waals surface area contributed by atoms with Crippen LogP contribution in [0.4, 0.5) is 5.82 Å². The van der Waals surface area contributed by atoms with Gasteiger partial charge in [-0.15, -0.1) is 4.37 Å². The minimum Gasteiger partial charge on any atom is -0.472 e. The molecule has 0 spiro atoms. The van der Waals surface area contributed by atoms with Crippen LogP contribution in [0.5, 0.6) is 5.88 Å². The van der Waals surface area contributed by atoms with Crippen LogP contribution < -0.4 is 15.0 Å². The Balaban J connectivity index is 1.85. The van der Waals surface area contributed by atoms with Crippen LogP contribution >= 0.6 is 11.7 Å². The van der Waals surface area contributed by atoms with Crippen molar-refractivity contribution in [3.05, 3.63) is 0 Å².